The molecule has 0 radical (unpaired) electrons. The Hall–Kier alpha value is -2.67. The van der Waals surface area contributed by atoms with Gasteiger partial charge in [-0.3, -0.25) is 9.59 Å². The molecule has 1 fully saturated rings. The van der Waals surface area contributed by atoms with Gasteiger partial charge in [0.15, 0.2) is 5.60 Å². The van der Waals surface area contributed by atoms with E-state index in [1.54, 1.807) is 4.90 Å². The summed E-state index contributed by atoms with van der Waals surface area (Å²) >= 11 is 1.51. The molecule has 1 N–H and O–H groups in total. The van der Waals surface area contributed by atoms with Gasteiger partial charge in [-0.1, -0.05) is 42.4 Å². The molecule has 2 amide bonds. The van der Waals surface area contributed by atoms with Gasteiger partial charge >= 0.3 is 0 Å². The first-order valence-electron chi connectivity index (χ1n) is 9.46. The minimum atomic E-state index is -0.566. The van der Waals surface area contributed by atoms with Crippen molar-refractivity contribution in [2.24, 2.45) is 5.16 Å². The molecular weight excluding hydrogens is 374 g/mol. The monoisotopic (exact) mass is 397 g/mol. The van der Waals surface area contributed by atoms with E-state index < -0.39 is 5.60 Å². The SMILES string of the molecule is C[C@H](CNC(=O)C1=NO[C@@]2(CCN(C(=O)c3ccsc3)C2)C1)c1ccccc1. The van der Waals surface area contributed by atoms with Crippen molar-refractivity contribution in [2.45, 2.75) is 31.3 Å². The van der Waals surface area contributed by atoms with E-state index in [2.05, 4.69) is 29.5 Å². The Morgan fingerprint density at radius 2 is 2.14 bits per heavy atom. The highest BCUT2D eigenvalue weighted by molar-refractivity contribution is 7.08. The fraction of sp³-hybridized carbons (Fsp3) is 0.381. The highest BCUT2D eigenvalue weighted by Gasteiger charge is 2.48. The van der Waals surface area contributed by atoms with Crippen molar-refractivity contribution in [3.63, 3.8) is 0 Å². The first kappa shape index (κ1) is 18.7. The number of carbonyl (C=O) groups is 2. The van der Waals surface area contributed by atoms with Gasteiger partial charge in [-0.25, -0.2) is 0 Å². The summed E-state index contributed by atoms with van der Waals surface area (Å²) in [4.78, 5) is 32.5. The normalized spacial score (nSPS) is 22.0. The smallest absolute Gasteiger partial charge is 0.269 e. The molecule has 1 spiro atoms. The van der Waals surface area contributed by atoms with Crippen LogP contribution in [0, 0.1) is 0 Å². The summed E-state index contributed by atoms with van der Waals surface area (Å²) in [5.41, 5.74) is 1.73. The number of carbonyl (C=O) groups excluding carboxylic acids is 2. The number of amides is 2. The first-order valence-corrected chi connectivity index (χ1v) is 10.4. The molecule has 1 aromatic carbocycles. The second-order valence-electron chi connectivity index (χ2n) is 7.50. The van der Waals surface area contributed by atoms with E-state index in [1.165, 1.54) is 16.9 Å². The van der Waals surface area contributed by atoms with Gasteiger partial charge in [0, 0.05) is 31.3 Å². The molecule has 2 aliphatic rings. The van der Waals surface area contributed by atoms with Gasteiger partial charge in [0.25, 0.3) is 11.8 Å². The minimum Gasteiger partial charge on any atom is -0.386 e. The fourth-order valence-electron chi connectivity index (χ4n) is 3.70. The van der Waals surface area contributed by atoms with Crippen LogP contribution >= 0.6 is 11.3 Å². The molecule has 0 saturated carbocycles. The molecular formula is C21H23N3O3S. The van der Waals surface area contributed by atoms with Gasteiger partial charge in [0.1, 0.15) is 5.71 Å². The second kappa shape index (κ2) is 7.75. The maximum atomic E-state index is 12.5. The summed E-state index contributed by atoms with van der Waals surface area (Å²) in [5.74, 6) is 0.0332. The van der Waals surface area contributed by atoms with E-state index in [4.69, 9.17) is 4.84 Å². The standard InChI is InChI=1S/C21H23N3O3S/c1-15(16-5-3-2-4-6-16)12-22-19(25)18-11-21(27-23-18)8-9-24(14-21)20(26)17-7-10-28-13-17/h2-7,10,13,15H,8-9,11-12,14H2,1H3,(H,22,25)/t15-,21+/m1/s1. The lowest BCUT2D eigenvalue weighted by atomic mass is 9.96. The summed E-state index contributed by atoms with van der Waals surface area (Å²) in [5, 5.41) is 10.8. The number of nitrogens with one attached hydrogen (secondary N) is 1. The lowest BCUT2D eigenvalue weighted by Gasteiger charge is -2.21. The second-order valence-corrected chi connectivity index (χ2v) is 8.28. The number of hydrogen-bond donors (Lipinski definition) is 1. The Kier molecular flexibility index (Phi) is 5.17. The summed E-state index contributed by atoms with van der Waals surface area (Å²) in [7, 11) is 0. The van der Waals surface area contributed by atoms with Gasteiger partial charge in [-0.05, 0) is 22.9 Å². The van der Waals surface area contributed by atoms with E-state index in [-0.39, 0.29) is 17.7 Å². The molecule has 0 unspecified atom stereocenters. The molecule has 2 aliphatic heterocycles. The molecule has 1 saturated heterocycles. The van der Waals surface area contributed by atoms with Crippen molar-refractivity contribution in [1.29, 1.82) is 0 Å². The Morgan fingerprint density at radius 3 is 2.89 bits per heavy atom. The third kappa shape index (κ3) is 3.80. The number of benzene rings is 1. The van der Waals surface area contributed by atoms with Gasteiger partial charge in [-0.15, -0.1) is 0 Å². The van der Waals surface area contributed by atoms with Crippen LogP contribution in [0.25, 0.3) is 0 Å². The maximum absolute atomic E-state index is 12.5. The van der Waals surface area contributed by atoms with Gasteiger partial charge in [-0.2, -0.15) is 11.3 Å². The highest BCUT2D eigenvalue weighted by atomic mass is 32.1. The Balaban J connectivity index is 1.30. The van der Waals surface area contributed by atoms with Crippen molar-refractivity contribution in [1.82, 2.24) is 10.2 Å². The zero-order valence-electron chi connectivity index (χ0n) is 15.8. The number of rotatable bonds is 5. The molecule has 0 bridgehead atoms. The zero-order chi connectivity index (χ0) is 19.6. The largest absolute Gasteiger partial charge is 0.386 e. The summed E-state index contributed by atoms with van der Waals surface area (Å²) in [6.07, 6.45) is 1.12. The molecule has 7 heteroatoms. The molecule has 2 atom stereocenters. The zero-order valence-corrected chi connectivity index (χ0v) is 16.6. The van der Waals surface area contributed by atoms with Gasteiger partial charge in [0.05, 0.1) is 12.1 Å². The van der Waals surface area contributed by atoms with Crippen molar-refractivity contribution in [3.05, 3.63) is 58.3 Å². The van der Waals surface area contributed by atoms with Crippen LogP contribution in [0.3, 0.4) is 0 Å². The van der Waals surface area contributed by atoms with Crippen molar-refractivity contribution < 1.29 is 14.4 Å². The predicted octanol–water partition coefficient (Wildman–Crippen LogP) is 3.03. The fourth-order valence-corrected chi connectivity index (χ4v) is 4.33. The topological polar surface area (TPSA) is 71.0 Å². The molecule has 146 valence electrons. The Bertz CT molecular complexity index is 882. The van der Waals surface area contributed by atoms with E-state index in [9.17, 15) is 9.59 Å². The number of hydrogen-bond acceptors (Lipinski definition) is 5. The molecule has 3 heterocycles. The van der Waals surface area contributed by atoms with Crippen molar-refractivity contribution >= 4 is 28.9 Å². The average molecular weight is 398 g/mol. The lowest BCUT2D eigenvalue weighted by molar-refractivity contribution is -0.115. The summed E-state index contributed by atoms with van der Waals surface area (Å²) in [6.45, 7) is 3.69. The minimum absolute atomic E-state index is 0.0105. The van der Waals surface area contributed by atoms with Crippen LogP contribution in [0.5, 0.6) is 0 Å². The van der Waals surface area contributed by atoms with Gasteiger partial charge in [0.2, 0.25) is 0 Å². The van der Waals surface area contributed by atoms with Crippen LogP contribution in [0.1, 0.15) is 41.6 Å². The average Bonchev–Trinajstić information content (AvgIpc) is 3.48. The number of likely N-dealkylation sites (tertiary alicyclic amines) is 1. The predicted molar refractivity (Wildman–Crippen MR) is 109 cm³/mol. The van der Waals surface area contributed by atoms with Crippen LogP contribution in [0.4, 0.5) is 0 Å². The molecule has 6 nitrogen and oxygen atoms in total. The Labute approximate surface area is 168 Å². The molecule has 28 heavy (non-hydrogen) atoms. The van der Waals surface area contributed by atoms with Gasteiger partial charge < -0.3 is 15.1 Å². The lowest BCUT2D eigenvalue weighted by Crippen LogP contribution is -2.39. The summed E-state index contributed by atoms with van der Waals surface area (Å²) < 4.78 is 0. The maximum Gasteiger partial charge on any atom is 0.269 e. The van der Waals surface area contributed by atoms with Crippen molar-refractivity contribution in [3.8, 4) is 0 Å². The molecule has 2 aromatic rings. The van der Waals surface area contributed by atoms with Crippen LogP contribution < -0.4 is 5.32 Å². The molecule has 1 aromatic heterocycles. The number of nitrogens with zero attached hydrogens (tertiary/aromatic N) is 2. The van der Waals surface area contributed by atoms with Crippen LogP contribution in [0.2, 0.25) is 0 Å². The van der Waals surface area contributed by atoms with E-state index >= 15 is 0 Å². The number of oxime groups is 1. The number of thiophene rings is 1. The van der Waals surface area contributed by atoms with E-state index in [0.717, 1.165) is 0 Å². The third-order valence-electron chi connectivity index (χ3n) is 5.41. The van der Waals surface area contributed by atoms with E-state index in [0.29, 0.717) is 43.8 Å². The summed E-state index contributed by atoms with van der Waals surface area (Å²) in [6, 6.07) is 11.9. The Morgan fingerprint density at radius 1 is 1.32 bits per heavy atom. The van der Waals surface area contributed by atoms with Crippen LogP contribution in [-0.2, 0) is 9.63 Å². The quantitative estimate of drug-likeness (QED) is 0.843. The first-order chi connectivity index (χ1) is 13.6. The third-order valence-corrected chi connectivity index (χ3v) is 6.09. The van der Waals surface area contributed by atoms with Crippen LogP contribution in [-0.4, -0.2) is 47.7 Å². The van der Waals surface area contributed by atoms with Crippen molar-refractivity contribution in [2.75, 3.05) is 19.6 Å². The molecule has 0 aliphatic carbocycles. The van der Waals surface area contributed by atoms with E-state index in [1.807, 2.05) is 35.0 Å². The molecule has 4 rings (SSSR count). The van der Waals surface area contributed by atoms with Crippen LogP contribution in [0.15, 0.2) is 52.3 Å². The highest BCUT2D eigenvalue weighted by Crippen LogP contribution is 2.34.